The molecule has 0 saturated carbocycles. The van der Waals surface area contributed by atoms with E-state index in [2.05, 4.69) is 15.9 Å². The molecule has 1 atom stereocenters. The maximum atomic E-state index is 11.8. The predicted molar refractivity (Wildman–Crippen MR) is 42.7 cm³/mol. The van der Waals surface area contributed by atoms with Crippen LogP contribution in [0.15, 0.2) is 0 Å². The molecule has 0 aromatic rings. The highest BCUT2D eigenvalue weighted by Crippen LogP contribution is 2.21. The van der Waals surface area contributed by atoms with Crippen molar-refractivity contribution in [2.75, 3.05) is 5.33 Å². The van der Waals surface area contributed by atoms with E-state index in [0.717, 1.165) is 0 Å². The Morgan fingerprint density at radius 3 is 1.90 bits per heavy atom. The standard InChI is InChI=1S/C7H13BrF2/c1-5(2)6(4-8)3-7(9)10/h5-7H,3-4H2,1-2H3. The number of halogens is 3. The fourth-order valence-electron chi connectivity index (χ4n) is 0.742. The number of hydrogen-bond donors (Lipinski definition) is 0. The van der Waals surface area contributed by atoms with Crippen LogP contribution < -0.4 is 0 Å². The van der Waals surface area contributed by atoms with Gasteiger partial charge in [-0.05, 0) is 11.8 Å². The summed E-state index contributed by atoms with van der Waals surface area (Å²) in [6.07, 6.45) is -2.15. The van der Waals surface area contributed by atoms with Crippen molar-refractivity contribution in [1.82, 2.24) is 0 Å². The molecule has 0 nitrogen and oxygen atoms in total. The van der Waals surface area contributed by atoms with Crippen molar-refractivity contribution >= 4 is 15.9 Å². The van der Waals surface area contributed by atoms with Crippen molar-refractivity contribution in [2.45, 2.75) is 26.7 Å². The average molecular weight is 215 g/mol. The minimum Gasteiger partial charge on any atom is -0.211 e. The van der Waals surface area contributed by atoms with E-state index in [1.165, 1.54) is 0 Å². The topological polar surface area (TPSA) is 0 Å². The van der Waals surface area contributed by atoms with E-state index in [1.807, 2.05) is 13.8 Å². The van der Waals surface area contributed by atoms with E-state index < -0.39 is 6.43 Å². The van der Waals surface area contributed by atoms with Gasteiger partial charge < -0.3 is 0 Å². The van der Waals surface area contributed by atoms with E-state index in [0.29, 0.717) is 11.2 Å². The monoisotopic (exact) mass is 214 g/mol. The third kappa shape index (κ3) is 4.20. The molecule has 0 fully saturated rings. The van der Waals surface area contributed by atoms with Crippen LogP contribution in [-0.2, 0) is 0 Å². The minimum absolute atomic E-state index is 0.0168. The predicted octanol–water partition coefficient (Wildman–Crippen LogP) is 3.31. The van der Waals surface area contributed by atoms with Crippen LogP contribution in [0.3, 0.4) is 0 Å². The molecular formula is C7H13BrF2. The van der Waals surface area contributed by atoms with Crippen molar-refractivity contribution in [1.29, 1.82) is 0 Å². The van der Waals surface area contributed by atoms with Gasteiger partial charge in [-0.15, -0.1) is 0 Å². The zero-order valence-electron chi connectivity index (χ0n) is 6.28. The first-order valence-corrected chi connectivity index (χ1v) is 4.54. The van der Waals surface area contributed by atoms with E-state index in [-0.39, 0.29) is 12.3 Å². The van der Waals surface area contributed by atoms with Crippen LogP contribution in [0.5, 0.6) is 0 Å². The van der Waals surface area contributed by atoms with Crippen LogP contribution in [-0.4, -0.2) is 11.8 Å². The Balaban J connectivity index is 3.60. The van der Waals surface area contributed by atoms with Gasteiger partial charge in [0.15, 0.2) is 0 Å². The quantitative estimate of drug-likeness (QED) is 0.631. The van der Waals surface area contributed by atoms with Gasteiger partial charge in [-0.25, -0.2) is 8.78 Å². The largest absolute Gasteiger partial charge is 0.238 e. The highest BCUT2D eigenvalue weighted by atomic mass is 79.9. The van der Waals surface area contributed by atoms with E-state index in [4.69, 9.17) is 0 Å². The molecule has 1 unspecified atom stereocenters. The van der Waals surface area contributed by atoms with Gasteiger partial charge in [-0.2, -0.15) is 0 Å². The van der Waals surface area contributed by atoms with E-state index in [1.54, 1.807) is 0 Å². The van der Waals surface area contributed by atoms with E-state index in [9.17, 15) is 8.78 Å². The first-order chi connectivity index (χ1) is 4.57. The van der Waals surface area contributed by atoms with Crippen molar-refractivity contribution in [2.24, 2.45) is 11.8 Å². The second-order valence-electron chi connectivity index (χ2n) is 2.79. The van der Waals surface area contributed by atoms with Crippen molar-refractivity contribution in [3.05, 3.63) is 0 Å². The van der Waals surface area contributed by atoms with Crippen molar-refractivity contribution in [3.8, 4) is 0 Å². The van der Waals surface area contributed by atoms with Gasteiger partial charge in [0.05, 0.1) is 0 Å². The molecule has 0 bridgehead atoms. The van der Waals surface area contributed by atoms with Crippen LogP contribution in [0.2, 0.25) is 0 Å². The summed E-state index contributed by atoms with van der Waals surface area (Å²) in [6.45, 7) is 3.93. The summed E-state index contributed by atoms with van der Waals surface area (Å²) < 4.78 is 23.6. The fourth-order valence-corrected chi connectivity index (χ4v) is 1.75. The lowest BCUT2D eigenvalue weighted by Gasteiger charge is -2.16. The summed E-state index contributed by atoms with van der Waals surface area (Å²) in [5.41, 5.74) is 0. The highest BCUT2D eigenvalue weighted by Gasteiger charge is 2.16. The SMILES string of the molecule is CC(C)C(CBr)CC(F)F. The molecule has 0 heterocycles. The first-order valence-electron chi connectivity index (χ1n) is 3.42. The van der Waals surface area contributed by atoms with Crippen LogP contribution in [0.1, 0.15) is 20.3 Å². The molecular weight excluding hydrogens is 202 g/mol. The molecule has 0 rings (SSSR count). The summed E-state index contributed by atoms with van der Waals surface area (Å²) in [7, 11) is 0. The molecule has 0 aromatic heterocycles. The summed E-state index contributed by atoms with van der Waals surface area (Å²) in [4.78, 5) is 0. The lowest BCUT2D eigenvalue weighted by atomic mass is 9.95. The molecule has 0 spiro atoms. The fraction of sp³-hybridized carbons (Fsp3) is 1.00. The van der Waals surface area contributed by atoms with Crippen LogP contribution in [0.4, 0.5) is 8.78 Å². The molecule has 0 aliphatic rings. The summed E-state index contributed by atoms with van der Waals surface area (Å²) in [6, 6.07) is 0. The van der Waals surface area contributed by atoms with Crippen LogP contribution >= 0.6 is 15.9 Å². The zero-order chi connectivity index (χ0) is 8.15. The maximum Gasteiger partial charge on any atom is 0.238 e. The van der Waals surface area contributed by atoms with Gasteiger partial charge in [-0.1, -0.05) is 29.8 Å². The van der Waals surface area contributed by atoms with Crippen LogP contribution in [0, 0.1) is 11.8 Å². The molecule has 0 aromatic carbocycles. The van der Waals surface area contributed by atoms with Crippen LogP contribution in [0.25, 0.3) is 0 Å². The second-order valence-corrected chi connectivity index (χ2v) is 3.43. The Morgan fingerprint density at radius 1 is 1.30 bits per heavy atom. The summed E-state index contributed by atoms with van der Waals surface area (Å²) in [5, 5.41) is 0.676. The van der Waals surface area contributed by atoms with Gasteiger partial charge in [-0.3, -0.25) is 0 Å². The van der Waals surface area contributed by atoms with E-state index >= 15 is 0 Å². The average Bonchev–Trinajstić information content (AvgIpc) is 1.81. The molecule has 0 aliphatic heterocycles. The summed E-state index contributed by atoms with van der Waals surface area (Å²) in [5.74, 6) is 0.452. The normalized spacial score (nSPS) is 14.7. The zero-order valence-corrected chi connectivity index (χ0v) is 7.87. The molecule has 0 N–H and O–H groups in total. The Kier molecular flexibility index (Phi) is 5.22. The minimum atomic E-state index is -2.16. The lowest BCUT2D eigenvalue weighted by molar-refractivity contribution is 0.109. The molecule has 0 saturated heterocycles. The Hall–Kier alpha value is 0.340. The Bertz CT molecular complexity index is 83.7. The number of rotatable bonds is 4. The maximum absolute atomic E-state index is 11.8. The summed E-state index contributed by atoms with van der Waals surface area (Å²) >= 11 is 3.21. The van der Waals surface area contributed by atoms with Gasteiger partial charge in [0, 0.05) is 11.8 Å². The molecule has 0 amide bonds. The highest BCUT2D eigenvalue weighted by molar-refractivity contribution is 9.09. The number of alkyl halides is 3. The molecule has 10 heavy (non-hydrogen) atoms. The third-order valence-corrected chi connectivity index (χ3v) is 2.45. The third-order valence-electron chi connectivity index (χ3n) is 1.62. The Labute approximate surface area is 69.1 Å². The lowest BCUT2D eigenvalue weighted by Crippen LogP contribution is -2.13. The van der Waals surface area contributed by atoms with Gasteiger partial charge in [0.1, 0.15) is 0 Å². The van der Waals surface area contributed by atoms with Crippen molar-refractivity contribution < 1.29 is 8.78 Å². The smallest absolute Gasteiger partial charge is 0.211 e. The molecule has 62 valence electrons. The molecule has 0 aliphatic carbocycles. The molecule has 0 radical (unpaired) electrons. The molecule has 3 heteroatoms. The van der Waals surface area contributed by atoms with Gasteiger partial charge in [0.2, 0.25) is 6.43 Å². The number of hydrogen-bond acceptors (Lipinski definition) is 0. The van der Waals surface area contributed by atoms with Crippen molar-refractivity contribution in [3.63, 3.8) is 0 Å². The first kappa shape index (κ1) is 10.3. The second kappa shape index (κ2) is 5.05. The van der Waals surface area contributed by atoms with Gasteiger partial charge in [0.25, 0.3) is 0 Å². The Morgan fingerprint density at radius 2 is 1.80 bits per heavy atom. The van der Waals surface area contributed by atoms with Gasteiger partial charge >= 0.3 is 0 Å².